The molecule has 2 rings (SSSR count). The van der Waals surface area contributed by atoms with Crippen LogP contribution in [0.15, 0.2) is 48.5 Å². The molecular formula is C19H26N2O. The van der Waals surface area contributed by atoms with Crippen LogP contribution >= 0.6 is 0 Å². The van der Waals surface area contributed by atoms with Gasteiger partial charge in [0.25, 0.3) is 0 Å². The Balaban J connectivity index is 2.23. The number of nitrogens with one attached hydrogen (secondary N) is 2. The molecule has 0 aliphatic rings. The minimum absolute atomic E-state index is 0.415. The van der Waals surface area contributed by atoms with Gasteiger partial charge in [0.05, 0.1) is 5.69 Å². The van der Waals surface area contributed by atoms with E-state index in [1.807, 2.05) is 36.4 Å². The van der Waals surface area contributed by atoms with Crippen molar-refractivity contribution in [2.45, 2.75) is 39.7 Å². The second kappa shape index (κ2) is 7.85. The number of rotatable bonds is 7. The minimum Gasteiger partial charge on any atom is -0.382 e. The van der Waals surface area contributed by atoms with Crippen LogP contribution in [0, 0.1) is 5.92 Å². The third-order valence-electron chi connectivity index (χ3n) is 3.81. The Kier molecular flexibility index (Phi) is 5.84. The molecule has 0 heterocycles. The molecule has 0 saturated heterocycles. The van der Waals surface area contributed by atoms with Crippen molar-refractivity contribution in [3.63, 3.8) is 0 Å². The SMILES string of the molecule is CC(C)CCC(C)Nc1ccc(NO)cc1-c1ccccc1. The van der Waals surface area contributed by atoms with E-state index in [0.717, 1.165) is 29.2 Å². The monoisotopic (exact) mass is 298 g/mol. The van der Waals surface area contributed by atoms with Crippen LogP contribution in [0.1, 0.15) is 33.6 Å². The highest BCUT2D eigenvalue weighted by atomic mass is 16.5. The summed E-state index contributed by atoms with van der Waals surface area (Å²) in [6.07, 6.45) is 2.36. The Hall–Kier alpha value is -2.00. The highest BCUT2D eigenvalue weighted by molar-refractivity contribution is 5.81. The van der Waals surface area contributed by atoms with E-state index >= 15 is 0 Å². The summed E-state index contributed by atoms with van der Waals surface area (Å²) >= 11 is 0. The van der Waals surface area contributed by atoms with Crippen molar-refractivity contribution >= 4 is 11.4 Å². The lowest BCUT2D eigenvalue weighted by molar-refractivity contribution is 0.389. The lowest BCUT2D eigenvalue weighted by Crippen LogP contribution is -2.16. The zero-order valence-corrected chi connectivity index (χ0v) is 13.6. The number of hydrogen-bond donors (Lipinski definition) is 3. The van der Waals surface area contributed by atoms with Gasteiger partial charge >= 0.3 is 0 Å². The molecule has 0 aromatic heterocycles. The summed E-state index contributed by atoms with van der Waals surface area (Å²) in [5, 5.41) is 12.8. The van der Waals surface area contributed by atoms with Crippen LogP contribution in [-0.2, 0) is 0 Å². The lowest BCUT2D eigenvalue weighted by Gasteiger charge is -2.20. The lowest BCUT2D eigenvalue weighted by atomic mass is 10.0. The smallest absolute Gasteiger partial charge is 0.0609 e. The Morgan fingerprint density at radius 2 is 1.68 bits per heavy atom. The van der Waals surface area contributed by atoms with E-state index in [1.165, 1.54) is 6.42 Å². The summed E-state index contributed by atoms with van der Waals surface area (Å²) in [6, 6.07) is 16.5. The fraction of sp³-hybridized carbons (Fsp3) is 0.368. The molecule has 118 valence electrons. The van der Waals surface area contributed by atoms with Gasteiger partial charge in [0.15, 0.2) is 0 Å². The van der Waals surface area contributed by atoms with E-state index in [1.54, 1.807) is 0 Å². The van der Waals surface area contributed by atoms with Gasteiger partial charge in [0.1, 0.15) is 0 Å². The topological polar surface area (TPSA) is 44.3 Å². The molecular weight excluding hydrogens is 272 g/mol. The largest absolute Gasteiger partial charge is 0.382 e. The predicted octanol–water partition coefficient (Wildman–Crippen LogP) is 5.39. The molecule has 2 aromatic carbocycles. The molecule has 1 unspecified atom stereocenters. The molecule has 0 radical (unpaired) electrons. The minimum atomic E-state index is 0.415. The summed E-state index contributed by atoms with van der Waals surface area (Å²) in [6.45, 7) is 6.73. The Bertz CT molecular complexity index is 581. The first kappa shape index (κ1) is 16.4. The average Bonchev–Trinajstić information content (AvgIpc) is 2.54. The molecule has 0 fully saturated rings. The van der Waals surface area contributed by atoms with E-state index in [0.29, 0.717) is 11.7 Å². The van der Waals surface area contributed by atoms with Gasteiger partial charge in [-0.25, -0.2) is 0 Å². The number of benzene rings is 2. The van der Waals surface area contributed by atoms with E-state index in [2.05, 4.69) is 43.7 Å². The molecule has 0 spiro atoms. The second-order valence-corrected chi connectivity index (χ2v) is 6.25. The summed E-state index contributed by atoms with van der Waals surface area (Å²) < 4.78 is 0. The summed E-state index contributed by atoms with van der Waals surface area (Å²) in [5.41, 5.74) is 6.25. The van der Waals surface area contributed by atoms with Crippen molar-refractivity contribution in [3.05, 3.63) is 48.5 Å². The second-order valence-electron chi connectivity index (χ2n) is 6.25. The van der Waals surface area contributed by atoms with Crippen LogP contribution in [0.4, 0.5) is 11.4 Å². The van der Waals surface area contributed by atoms with Gasteiger partial charge in [-0.15, -0.1) is 0 Å². The van der Waals surface area contributed by atoms with E-state index in [-0.39, 0.29) is 0 Å². The quantitative estimate of drug-likeness (QED) is 0.600. The molecule has 0 aliphatic heterocycles. The van der Waals surface area contributed by atoms with Gasteiger partial charge in [-0.3, -0.25) is 10.7 Å². The fourth-order valence-electron chi connectivity index (χ4n) is 2.52. The van der Waals surface area contributed by atoms with Crippen LogP contribution in [0.25, 0.3) is 11.1 Å². The standard InChI is InChI=1S/C19H26N2O/c1-14(2)9-10-15(3)20-19-12-11-17(21-22)13-18(19)16-7-5-4-6-8-16/h4-8,11-15,20-22H,9-10H2,1-3H3. The normalized spacial score (nSPS) is 12.2. The molecule has 0 aliphatic carbocycles. The van der Waals surface area contributed by atoms with Gasteiger partial charge in [0.2, 0.25) is 0 Å². The fourth-order valence-corrected chi connectivity index (χ4v) is 2.52. The van der Waals surface area contributed by atoms with Crippen LogP contribution in [0.2, 0.25) is 0 Å². The molecule has 0 bridgehead atoms. The Morgan fingerprint density at radius 3 is 2.32 bits per heavy atom. The third kappa shape index (κ3) is 4.50. The maximum Gasteiger partial charge on any atom is 0.0609 e. The highest BCUT2D eigenvalue weighted by Gasteiger charge is 2.10. The number of anilines is 2. The van der Waals surface area contributed by atoms with Gasteiger partial charge in [-0.2, -0.15) is 0 Å². The predicted molar refractivity (Wildman–Crippen MR) is 94.4 cm³/mol. The van der Waals surface area contributed by atoms with Crippen molar-refractivity contribution in [2.24, 2.45) is 5.92 Å². The van der Waals surface area contributed by atoms with Crippen LogP contribution < -0.4 is 10.8 Å². The summed E-state index contributed by atoms with van der Waals surface area (Å²) in [4.78, 5) is 0. The van der Waals surface area contributed by atoms with Crippen molar-refractivity contribution in [3.8, 4) is 11.1 Å². The van der Waals surface area contributed by atoms with Crippen molar-refractivity contribution in [2.75, 3.05) is 10.8 Å². The van der Waals surface area contributed by atoms with E-state index < -0.39 is 0 Å². The average molecular weight is 298 g/mol. The van der Waals surface area contributed by atoms with Gasteiger partial charge < -0.3 is 5.32 Å². The molecule has 3 heteroatoms. The van der Waals surface area contributed by atoms with Crippen LogP contribution in [0.3, 0.4) is 0 Å². The maximum atomic E-state index is 9.16. The summed E-state index contributed by atoms with van der Waals surface area (Å²) in [5.74, 6) is 0.721. The summed E-state index contributed by atoms with van der Waals surface area (Å²) in [7, 11) is 0. The maximum absolute atomic E-state index is 9.16. The molecule has 2 aromatic rings. The zero-order valence-electron chi connectivity index (χ0n) is 13.6. The molecule has 1 atom stereocenters. The van der Waals surface area contributed by atoms with E-state index in [4.69, 9.17) is 5.21 Å². The Labute approximate surface area is 133 Å². The molecule has 3 N–H and O–H groups in total. The van der Waals surface area contributed by atoms with Crippen molar-refractivity contribution in [1.29, 1.82) is 0 Å². The van der Waals surface area contributed by atoms with Crippen molar-refractivity contribution in [1.82, 2.24) is 0 Å². The number of hydrogen-bond acceptors (Lipinski definition) is 3. The Morgan fingerprint density at radius 1 is 0.955 bits per heavy atom. The molecule has 22 heavy (non-hydrogen) atoms. The van der Waals surface area contributed by atoms with Crippen LogP contribution in [-0.4, -0.2) is 11.2 Å². The molecule has 0 amide bonds. The third-order valence-corrected chi connectivity index (χ3v) is 3.81. The molecule has 3 nitrogen and oxygen atoms in total. The zero-order chi connectivity index (χ0) is 15.9. The molecule has 0 saturated carbocycles. The first-order valence-corrected chi connectivity index (χ1v) is 7.96. The van der Waals surface area contributed by atoms with Crippen molar-refractivity contribution < 1.29 is 5.21 Å². The van der Waals surface area contributed by atoms with Gasteiger partial charge in [-0.1, -0.05) is 44.2 Å². The van der Waals surface area contributed by atoms with Crippen LogP contribution in [0.5, 0.6) is 0 Å². The first-order valence-electron chi connectivity index (χ1n) is 7.96. The van der Waals surface area contributed by atoms with Gasteiger partial charge in [-0.05, 0) is 49.4 Å². The first-order chi connectivity index (χ1) is 10.6. The van der Waals surface area contributed by atoms with Gasteiger partial charge in [0, 0.05) is 17.3 Å². The highest BCUT2D eigenvalue weighted by Crippen LogP contribution is 2.31. The van der Waals surface area contributed by atoms with E-state index in [9.17, 15) is 0 Å².